The van der Waals surface area contributed by atoms with Gasteiger partial charge in [0.2, 0.25) is 5.91 Å². The largest absolute Gasteiger partial charge is 0.366 e. The standard InChI is InChI=1S/C10H11NO2/c1-7(12)5-8-3-2-4-9(6-8)10(11)13/h2-4,6H,5H2,1H3,(H2,11,13). The first-order valence-corrected chi connectivity index (χ1v) is 3.98. The van der Waals surface area contributed by atoms with Crippen molar-refractivity contribution in [1.29, 1.82) is 0 Å². The first kappa shape index (κ1) is 9.45. The highest BCUT2D eigenvalue weighted by atomic mass is 16.1. The van der Waals surface area contributed by atoms with Gasteiger partial charge in [-0.15, -0.1) is 0 Å². The van der Waals surface area contributed by atoms with Crippen LogP contribution in [0.1, 0.15) is 22.8 Å². The van der Waals surface area contributed by atoms with E-state index in [4.69, 9.17) is 5.73 Å². The van der Waals surface area contributed by atoms with Gasteiger partial charge in [-0.3, -0.25) is 9.59 Å². The third kappa shape index (κ3) is 2.71. The van der Waals surface area contributed by atoms with Gasteiger partial charge in [-0.25, -0.2) is 0 Å². The first-order valence-electron chi connectivity index (χ1n) is 3.98. The van der Waals surface area contributed by atoms with Crippen molar-refractivity contribution >= 4 is 11.7 Å². The molecule has 0 spiro atoms. The summed E-state index contributed by atoms with van der Waals surface area (Å²) in [4.78, 5) is 21.6. The van der Waals surface area contributed by atoms with Crippen LogP contribution in [0, 0.1) is 0 Å². The van der Waals surface area contributed by atoms with E-state index >= 15 is 0 Å². The van der Waals surface area contributed by atoms with Crippen LogP contribution in [0.3, 0.4) is 0 Å². The van der Waals surface area contributed by atoms with Gasteiger partial charge in [0.25, 0.3) is 0 Å². The molecule has 0 aliphatic carbocycles. The molecule has 0 atom stereocenters. The third-order valence-corrected chi connectivity index (χ3v) is 1.66. The number of nitrogens with two attached hydrogens (primary N) is 1. The Balaban J connectivity index is 2.91. The molecule has 0 aliphatic rings. The predicted octanol–water partition coefficient (Wildman–Crippen LogP) is 0.917. The lowest BCUT2D eigenvalue weighted by Crippen LogP contribution is -2.11. The minimum atomic E-state index is -0.467. The molecule has 0 aromatic heterocycles. The molecule has 0 saturated heterocycles. The van der Waals surface area contributed by atoms with Gasteiger partial charge in [-0.2, -0.15) is 0 Å². The van der Waals surface area contributed by atoms with Gasteiger partial charge in [0.15, 0.2) is 0 Å². The molecular formula is C10H11NO2. The summed E-state index contributed by atoms with van der Waals surface area (Å²) >= 11 is 0. The highest BCUT2D eigenvalue weighted by molar-refractivity contribution is 5.93. The molecule has 1 aromatic rings. The van der Waals surface area contributed by atoms with E-state index in [0.717, 1.165) is 5.56 Å². The molecule has 3 heteroatoms. The first-order chi connectivity index (χ1) is 6.09. The molecule has 0 saturated carbocycles. The normalized spacial score (nSPS) is 9.62. The van der Waals surface area contributed by atoms with E-state index < -0.39 is 5.91 Å². The van der Waals surface area contributed by atoms with Gasteiger partial charge < -0.3 is 5.73 Å². The van der Waals surface area contributed by atoms with Crippen molar-refractivity contribution < 1.29 is 9.59 Å². The Morgan fingerprint density at radius 3 is 2.62 bits per heavy atom. The summed E-state index contributed by atoms with van der Waals surface area (Å²) in [5, 5.41) is 0. The number of amides is 1. The molecule has 0 unspecified atom stereocenters. The van der Waals surface area contributed by atoms with Crippen molar-refractivity contribution in [2.24, 2.45) is 5.73 Å². The SMILES string of the molecule is CC(=O)Cc1cccc(C(N)=O)c1. The minimum absolute atomic E-state index is 0.0709. The fourth-order valence-electron chi connectivity index (χ4n) is 1.12. The highest BCUT2D eigenvalue weighted by Gasteiger charge is 2.02. The van der Waals surface area contributed by atoms with Crippen molar-refractivity contribution in [2.45, 2.75) is 13.3 Å². The summed E-state index contributed by atoms with van der Waals surface area (Å²) in [7, 11) is 0. The van der Waals surface area contributed by atoms with E-state index in [9.17, 15) is 9.59 Å². The van der Waals surface area contributed by atoms with Crippen molar-refractivity contribution in [3.05, 3.63) is 35.4 Å². The van der Waals surface area contributed by atoms with Crippen molar-refractivity contribution in [3.8, 4) is 0 Å². The number of primary amides is 1. The van der Waals surface area contributed by atoms with Crippen LogP contribution in [-0.4, -0.2) is 11.7 Å². The van der Waals surface area contributed by atoms with E-state index in [2.05, 4.69) is 0 Å². The third-order valence-electron chi connectivity index (χ3n) is 1.66. The number of carbonyl (C=O) groups is 2. The molecule has 13 heavy (non-hydrogen) atoms. The van der Waals surface area contributed by atoms with Gasteiger partial charge in [-0.1, -0.05) is 12.1 Å². The molecule has 0 aliphatic heterocycles. The van der Waals surface area contributed by atoms with Gasteiger partial charge in [0, 0.05) is 12.0 Å². The maximum absolute atomic E-state index is 10.8. The van der Waals surface area contributed by atoms with Crippen LogP contribution >= 0.6 is 0 Å². The Kier molecular flexibility index (Phi) is 2.80. The number of hydrogen-bond donors (Lipinski definition) is 1. The van der Waals surface area contributed by atoms with Crippen LogP contribution in [0.5, 0.6) is 0 Å². The van der Waals surface area contributed by atoms with Crippen molar-refractivity contribution in [2.75, 3.05) is 0 Å². The van der Waals surface area contributed by atoms with Crippen LogP contribution in [0.15, 0.2) is 24.3 Å². The average molecular weight is 177 g/mol. The van der Waals surface area contributed by atoms with Crippen LogP contribution in [0.4, 0.5) is 0 Å². The fraction of sp³-hybridized carbons (Fsp3) is 0.200. The zero-order valence-corrected chi connectivity index (χ0v) is 7.41. The summed E-state index contributed by atoms with van der Waals surface area (Å²) in [6.07, 6.45) is 0.348. The topological polar surface area (TPSA) is 60.2 Å². The summed E-state index contributed by atoms with van der Waals surface area (Å²) in [6, 6.07) is 6.79. The smallest absolute Gasteiger partial charge is 0.248 e. The second-order valence-electron chi connectivity index (χ2n) is 2.94. The number of carbonyl (C=O) groups excluding carboxylic acids is 2. The van der Waals surface area contributed by atoms with E-state index in [-0.39, 0.29) is 5.78 Å². The molecule has 0 radical (unpaired) electrons. The Morgan fingerprint density at radius 2 is 2.08 bits per heavy atom. The van der Waals surface area contributed by atoms with E-state index in [1.807, 2.05) is 0 Å². The predicted molar refractivity (Wildman–Crippen MR) is 49.3 cm³/mol. The lowest BCUT2D eigenvalue weighted by molar-refractivity contribution is -0.116. The summed E-state index contributed by atoms with van der Waals surface area (Å²) < 4.78 is 0. The molecule has 1 amide bonds. The van der Waals surface area contributed by atoms with Gasteiger partial charge in [0.05, 0.1) is 0 Å². The average Bonchev–Trinajstić information content (AvgIpc) is 2.03. The Morgan fingerprint density at radius 1 is 1.38 bits per heavy atom. The number of Topliss-reactive ketones (excluding diaryl/α,β-unsaturated/α-hetero) is 1. The molecule has 1 rings (SSSR count). The fourth-order valence-corrected chi connectivity index (χ4v) is 1.12. The van der Waals surface area contributed by atoms with Gasteiger partial charge >= 0.3 is 0 Å². The molecule has 3 nitrogen and oxygen atoms in total. The molecule has 68 valence electrons. The quantitative estimate of drug-likeness (QED) is 0.746. The Hall–Kier alpha value is -1.64. The molecular weight excluding hydrogens is 166 g/mol. The number of benzene rings is 1. The van der Waals surface area contributed by atoms with Crippen LogP contribution in [0.25, 0.3) is 0 Å². The van der Waals surface area contributed by atoms with Crippen LogP contribution in [-0.2, 0) is 11.2 Å². The zero-order chi connectivity index (χ0) is 9.84. The maximum atomic E-state index is 10.8. The second-order valence-corrected chi connectivity index (χ2v) is 2.94. The lowest BCUT2D eigenvalue weighted by Gasteiger charge is -1.99. The maximum Gasteiger partial charge on any atom is 0.248 e. The number of hydrogen-bond acceptors (Lipinski definition) is 2. The van der Waals surface area contributed by atoms with Crippen molar-refractivity contribution in [1.82, 2.24) is 0 Å². The molecule has 1 aromatic carbocycles. The van der Waals surface area contributed by atoms with E-state index in [1.54, 1.807) is 24.3 Å². The van der Waals surface area contributed by atoms with Gasteiger partial charge in [-0.05, 0) is 24.6 Å². The summed E-state index contributed by atoms with van der Waals surface area (Å²) in [6.45, 7) is 1.51. The second kappa shape index (κ2) is 3.85. The lowest BCUT2D eigenvalue weighted by atomic mass is 10.1. The van der Waals surface area contributed by atoms with E-state index in [1.165, 1.54) is 6.92 Å². The molecule has 0 bridgehead atoms. The molecule has 0 heterocycles. The van der Waals surface area contributed by atoms with Crippen LogP contribution < -0.4 is 5.73 Å². The van der Waals surface area contributed by atoms with E-state index in [0.29, 0.717) is 12.0 Å². The minimum Gasteiger partial charge on any atom is -0.366 e. The monoisotopic (exact) mass is 177 g/mol. The zero-order valence-electron chi connectivity index (χ0n) is 7.41. The summed E-state index contributed by atoms with van der Waals surface area (Å²) in [5.74, 6) is -0.396. The van der Waals surface area contributed by atoms with Crippen molar-refractivity contribution in [3.63, 3.8) is 0 Å². The number of rotatable bonds is 3. The van der Waals surface area contributed by atoms with Crippen LogP contribution in [0.2, 0.25) is 0 Å². The molecule has 0 fully saturated rings. The number of ketones is 1. The summed E-state index contributed by atoms with van der Waals surface area (Å²) in [5.41, 5.74) is 6.36. The highest BCUT2D eigenvalue weighted by Crippen LogP contribution is 2.05. The Bertz CT molecular complexity index is 345. The van der Waals surface area contributed by atoms with Gasteiger partial charge in [0.1, 0.15) is 5.78 Å². The molecule has 2 N–H and O–H groups in total. The Labute approximate surface area is 76.6 Å².